The molecule has 2 atom stereocenters. The smallest absolute Gasteiger partial charge is 0.207 e. The van der Waals surface area contributed by atoms with Gasteiger partial charge in [0.15, 0.2) is 0 Å². The molecule has 0 aromatic heterocycles. The maximum Gasteiger partial charge on any atom is 0.207 e. The molecule has 1 aromatic carbocycles. The summed E-state index contributed by atoms with van der Waals surface area (Å²) in [5, 5.41) is 3.06. The molecule has 1 aromatic rings. The maximum atomic E-state index is 10.9. The first-order valence-electron chi connectivity index (χ1n) is 7.06. The van der Waals surface area contributed by atoms with Crippen LogP contribution in [0.4, 0.5) is 0 Å². The molecule has 2 heteroatoms. The van der Waals surface area contributed by atoms with Crippen molar-refractivity contribution in [3.8, 4) is 0 Å². The minimum absolute atomic E-state index is 0.117. The van der Waals surface area contributed by atoms with Gasteiger partial charge in [-0.3, -0.25) is 4.79 Å². The molecule has 1 aliphatic carbocycles. The molecule has 19 heavy (non-hydrogen) atoms. The van der Waals surface area contributed by atoms with Gasteiger partial charge in [-0.05, 0) is 42.6 Å². The van der Waals surface area contributed by atoms with E-state index >= 15 is 0 Å². The number of hydrogen-bond donors (Lipinski definition) is 1. The van der Waals surface area contributed by atoms with Crippen molar-refractivity contribution in [2.75, 3.05) is 0 Å². The van der Waals surface area contributed by atoms with Gasteiger partial charge in [-0.15, -0.1) is 0 Å². The van der Waals surface area contributed by atoms with E-state index in [1.54, 1.807) is 0 Å². The Morgan fingerprint density at radius 3 is 2.21 bits per heavy atom. The third-order valence-electron chi connectivity index (χ3n) is 4.40. The predicted molar refractivity (Wildman–Crippen MR) is 79.0 cm³/mol. The Morgan fingerprint density at radius 2 is 1.63 bits per heavy atom. The molecule has 1 saturated carbocycles. The van der Waals surface area contributed by atoms with Crippen LogP contribution in [0.25, 0.3) is 0 Å². The molecule has 0 saturated heterocycles. The van der Waals surface area contributed by atoms with Gasteiger partial charge in [0, 0.05) is 5.54 Å². The van der Waals surface area contributed by atoms with Crippen LogP contribution in [0, 0.1) is 5.41 Å². The van der Waals surface area contributed by atoms with Gasteiger partial charge in [0.2, 0.25) is 6.41 Å². The van der Waals surface area contributed by atoms with Gasteiger partial charge in [0.1, 0.15) is 0 Å². The van der Waals surface area contributed by atoms with E-state index in [0.29, 0.717) is 0 Å². The number of rotatable bonds is 3. The Morgan fingerprint density at radius 1 is 1.00 bits per heavy atom. The zero-order valence-corrected chi connectivity index (χ0v) is 12.5. The van der Waals surface area contributed by atoms with Gasteiger partial charge < -0.3 is 5.32 Å². The monoisotopic (exact) mass is 259 g/mol. The lowest BCUT2D eigenvalue weighted by Gasteiger charge is -2.52. The molecular formula is C17H25NO. The van der Waals surface area contributed by atoms with Gasteiger partial charge >= 0.3 is 0 Å². The average Bonchev–Trinajstić information content (AvgIpc) is 2.26. The van der Waals surface area contributed by atoms with Crippen LogP contribution >= 0.6 is 0 Å². The lowest BCUT2D eigenvalue weighted by molar-refractivity contribution is -0.112. The van der Waals surface area contributed by atoms with Crippen molar-refractivity contribution >= 4 is 6.41 Å². The fraction of sp³-hybridized carbons (Fsp3) is 0.588. The standard InChI is InChI=1S/C17H25NO/c1-15(2)10-16(3,14-8-6-5-7-9-14)12-17(4,11-15)18-13-19/h5-9,13H,10-12H2,1-4H3,(H,18,19)/t16-,17-/m1/s1. The van der Waals surface area contributed by atoms with E-state index in [0.717, 1.165) is 25.7 Å². The number of benzene rings is 1. The summed E-state index contributed by atoms with van der Waals surface area (Å²) in [7, 11) is 0. The van der Waals surface area contributed by atoms with E-state index in [4.69, 9.17) is 0 Å². The zero-order chi connectivity index (χ0) is 14.1. The number of hydrogen-bond acceptors (Lipinski definition) is 1. The molecule has 0 heterocycles. The normalized spacial score (nSPS) is 33.7. The minimum atomic E-state index is -0.117. The first-order valence-corrected chi connectivity index (χ1v) is 7.06. The summed E-state index contributed by atoms with van der Waals surface area (Å²) in [6.07, 6.45) is 4.03. The van der Waals surface area contributed by atoms with Crippen molar-refractivity contribution in [1.29, 1.82) is 0 Å². The van der Waals surface area contributed by atoms with Crippen molar-refractivity contribution in [2.24, 2.45) is 5.41 Å². The molecule has 1 aliphatic rings. The van der Waals surface area contributed by atoms with Crippen molar-refractivity contribution < 1.29 is 4.79 Å². The molecular weight excluding hydrogens is 234 g/mol. The fourth-order valence-corrected chi connectivity index (χ4v) is 4.45. The van der Waals surface area contributed by atoms with Crippen LogP contribution < -0.4 is 5.32 Å². The van der Waals surface area contributed by atoms with Gasteiger partial charge in [-0.1, -0.05) is 51.1 Å². The van der Waals surface area contributed by atoms with Crippen LogP contribution in [-0.4, -0.2) is 11.9 Å². The Kier molecular flexibility index (Phi) is 3.46. The second kappa shape index (κ2) is 4.66. The number of carbonyl (C=O) groups is 1. The summed E-state index contributed by atoms with van der Waals surface area (Å²) in [5.74, 6) is 0. The van der Waals surface area contributed by atoms with E-state index in [1.807, 2.05) is 0 Å². The molecule has 2 nitrogen and oxygen atoms in total. The molecule has 1 N–H and O–H groups in total. The second-order valence-corrected chi connectivity index (χ2v) is 7.44. The Bertz CT molecular complexity index is 454. The zero-order valence-electron chi connectivity index (χ0n) is 12.5. The number of amides is 1. The molecule has 0 spiro atoms. The highest BCUT2D eigenvalue weighted by Crippen LogP contribution is 2.51. The topological polar surface area (TPSA) is 29.1 Å². The average molecular weight is 259 g/mol. The largest absolute Gasteiger partial charge is 0.353 e. The lowest BCUT2D eigenvalue weighted by atomic mass is 9.56. The summed E-state index contributed by atoms with van der Waals surface area (Å²) in [4.78, 5) is 10.9. The van der Waals surface area contributed by atoms with Gasteiger partial charge in [0.25, 0.3) is 0 Å². The number of nitrogens with one attached hydrogen (secondary N) is 1. The first-order chi connectivity index (χ1) is 8.79. The predicted octanol–water partition coefficient (Wildman–Crippen LogP) is 3.66. The summed E-state index contributed by atoms with van der Waals surface area (Å²) in [6, 6.07) is 10.7. The van der Waals surface area contributed by atoms with Crippen LogP contribution in [0.15, 0.2) is 30.3 Å². The van der Waals surface area contributed by atoms with Crippen molar-refractivity contribution in [2.45, 2.75) is 57.9 Å². The van der Waals surface area contributed by atoms with E-state index in [-0.39, 0.29) is 16.4 Å². The number of carbonyl (C=O) groups excluding carboxylic acids is 1. The molecule has 0 unspecified atom stereocenters. The van der Waals surface area contributed by atoms with Crippen LogP contribution in [0.5, 0.6) is 0 Å². The summed E-state index contributed by atoms with van der Waals surface area (Å²) in [6.45, 7) is 9.10. The highest BCUT2D eigenvalue weighted by atomic mass is 16.1. The van der Waals surface area contributed by atoms with E-state index in [9.17, 15) is 4.79 Å². The first kappa shape index (κ1) is 14.1. The van der Waals surface area contributed by atoms with Crippen molar-refractivity contribution in [3.63, 3.8) is 0 Å². The fourth-order valence-electron chi connectivity index (χ4n) is 4.45. The van der Waals surface area contributed by atoms with Crippen LogP contribution in [-0.2, 0) is 10.2 Å². The van der Waals surface area contributed by atoms with Crippen molar-refractivity contribution in [1.82, 2.24) is 5.32 Å². The molecule has 2 rings (SSSR count). The molecule has 0 radical (unpaired) electrons. The second-order valence-electron chi connectivity index (χ2n) is 7.44. The van der Waals surface area contributed by atoms with Crippen molar-refractivity contribution in [3.05, 3.63) is 35.9 Å². The van der Waals surface area contributed by atoms with E-state index in [1.165, 1.54) is 5.56 Å². The SMILES string of the molecule is CC1(C)C[C@@](C)(NC=O)C[C@](C)(c2ccccc2)C1. The van der Waals surface area contributed by atoms with Crippen LogP contribution in [0.2, 0.25) is 0 Å². The van der Waals surface area contributed by atoms with Gasteiger partial charge in [-0.25, -0.2) is 0 Å². The molecule has 0 aliphatic heterocycles. The van der Waals surface area contributed by atoms with Gasteiger partial charge in [0.05, 0.1) is 0 Å². The third kappa shape index (κ3) is 2.99. The molecule has 104 valence electrons. The highest BCUT2D eigenvalue weighted by Gasteiger charge is 2.47. The molecule has 1 amide bonds. The highest BCUT2D eigenvalue weighted by molar-refractivity contribution is 5.48. The minimum Gasteiger partial charge on any atom is -0.353 e. The Balaban J connectivity index is 2.37. The Labute approximate surface area is 116 Å². The van der Waals surface area contributed by atoms with Crippen LogP contribution in [0.3, 0.4) is 0 Å². The third-order valence-corrected chi connectivity index (χ3v) is 4.40. The summed E-state index contributed by atoms with van der Waals surface area (Å²) >= 11 is 0. The summed E-state index contributed by atoms with van der Waals surface area (Å²) in [5.41, 5.74) is 1.61. The molecule has 0 bridgehead atoms. The van der Waals surface area contributed by atoms with Gasteiger partial charge in [-0.2, -0.15) is 0 Å². The van der Waals surface area contributed by atoms with Crippen LogP contribution in [0.1, 0.15) is 52.5 Å². The van der Waals surface area contributed by atoms with E-state index in [2.05, 4.69) is 63.3 Å². The maximum absolute atomic E-state index is 10.9. The molecule has 1 fully saturated rings. The Hall–Kier alpha value is -1.31. The lowest BCUT2D eigenvalue weighted by Crippen LogP contribution is -2.54. The summed E-state index contributed by atoms with van der Waals surface area (Å²) < 4.78 is 0. The quantitative estimate of drug-likeness (QED) is 0.825. The van der Waals surface area contributed by atoms with E-state index < -0.39 is 0 Å².